The highest BCUT2D eigenvalue weighted by molar-refractivity contribution is 5.93. The van der Waals surface area contributed by atoms with Gasteiger partial charge in [-0.2, -0.15) is 0 Å². The number of carboxylic acid groups (broad SMARTS) is 1. The minimum atomic E-state index is -1.01. The van der Waals surface area contributed by atoms with Gasteiger partial charge < -0.3 is 10.4 Å². The smallest absolute Gasteiger partial charge is 0.325 e. The number of carboxylic acids is 1. The van der Waals surface area contributed by atoms with Crippen molar-refractivity contribution in [2.75, 3.05) is 0 Å². The van der Waals surface area contributed by atoms with Crippen molar-refractivity contribution in [3.05, 3.63) is 41.5 Å². The lowest BCUT2D eigenvalue weighted by Crippen LogP contribution is -2.24. The molecule has 8 heteroatoms. The molecule has 2 rings (SSSR count). The van der Waals surface area contributed by atoms with Crippen LogP contribution in [0.15, 0.2) is 24.5 Å². The normalized spacial score (nSPS) is 10.2. The van der Waals surface area contributed by atoms with E-state index in [2.05, 4.69) is 20.6 Å². The Hall–Kier alpha value is -2.77. The Morgan fingerprint density at radius 2 is 2.25 bits per heavy atom. The number of hydrogen-bond donors (Lipinski definition) is 2. The summed E-state index contributed by atoms with van der Waals surface area (Å²) in [7, 11) is 0. The van der Waals surface area contributed by atoms with Gasteiger partial charge in [0.1, 0.15) is 17.9 Å². The molecule has 2 aromatic heterocycles. The average Bonchev–Trinajstić information content (AvgIpc) is 2.83. The average molecular weight is 275 g/mol. The van der Waals surface area contributed by atoms with E-state index in [1.165, 1.54) is 10.9 Å². The summed E-state index contributed by atoms with van der Waals surface area (Å²) in [6, 6.07) is 3.55. The molecule has 104 valence electrons. The van der Waals surface area contributed by atoms with Gasteiger partial charge in [0.2, 0.25) is 0 Å². The highest BCUT2D eigenvalue weighted by atomic mass is 16.4. The van der Waals surface area contributed by atoms with Crippen LogP contribution in [0.5, 0.6) is 0 Å². The van der Waals surface area contributed by atoms with Gasteiger partial charge in [-0.25, -0.2) is 4.68 Å². The zero-order valence-corrected chi connectivity index (χ0v) is 10.8. The molecule has 8 nitrogen and oxygen atoms in total. The maximum Gasteiger partial charge on any atom is 0.325 e. The molecule has 0 aliphatic carbocycles. The van der Waals surface area contributed by atoms with Crippen LogP contribution in [0.2, 0.25) is 0 Å². The number of aromatic nitrogens is 4. The van der Waals surface area contributed by atoms with Crippen LogP contribution in [0.4, 0.5) is 0 Å². The minimum absolute atomic E-state index is 0.161. The highest BCUT2D eigenvalue weighted by Gasteiger charge is 2.11. The molecular formula is C12H13N5O3. The molecule has 0 radical (unpaired) electrons. The summed E-state index contributed by atoms with van der Waals surface area (Å²) in [6.07, 6.45) is 3.02. The Bertz CT molecular complexity index is 638. The summed E-state index contributed by atoms with van der Waals surface area (Å²) >= 11 is 0. The molecule has 0 saturated heterocycles. The molecule has 1 amide bonds. The third kappa shape index (κ3) is 3.37. The van der Waals surface area contributed by atoms with Crippen molar-refractivity contribution in [1.29, 1.82) is 0 Å². The van der Waals surface area contributed by atoms with Gasteiger partial charge in [0.15, 0.2) is 0 Å². The molecule has 0 atom stereocenters. The van der Waals surface area contributed by atoms with Crippen molar-refractivity contribution in [2.24, 2.45) is 0 Å². The van der Waals surface area contributed by atoms with Crippen molar-refractivity contribution < 1.29 is 14.7 Å². The maximum atomic E-state index is 11.9. The highest BCUT2D eigenvalue weighted by Crippen LogP contribution is 2.03. The van der Waals surface area contributed by atoms with Gasteiger partial charge >= 0.3 is 5.97 Å². The predicted octanol–water partition coefficient (Wildman–Crippen LogP) is -0.00388. The lowest BCUT2D eigenvalue weighted by Gasteiger charge is -2.04. The lowest BCUT2D eigenvalue weighted by molar-refractivity contribution is -0.137. The van der Waals surface area contributed by atoms with Gasteiger partial charge in [-0.05, 0) is 18.6 Å². The van der Waals surface area contributed by atoms with Crippen molar-refractivity contribution in [2.45, 2.75) is 20.0 Å². The van der Waals surface area contributed by atoms with Crippen molar-refractivity contribution >= 4 is 11.9 Å². The molecule has 0 aromatic carbocycles. The van der Waals surface area contributed by atoms with E-state index in [9.17, 15) is 9.59 Å². The van der Waals surface area contributed by atoms with Gasteiger partial charge in [0.05, 0.1) is 12.7 Å². The van der Waals surface area contributed by atoms with E-state index in [-0.39, 0.29) is 19.0 Å². The number of aryl methyl sites for hydroxylation is 1. The number of hydrogen-bond acceptors (Lipinski definition) is 5. The fourth-order valence-electron chi connectivity index (χ4n) is 1.61. The molecule has 0 bridgehead atoms. The molecule has 0 unspecified atom stereocenters. The van der Waals surface area contributed by atoms with Crippen molar-refractivity contribution in [3.8, 4) is 0 Å². The third-order valence-electron chi connectivity index (χ3n) is 2.54. The molecule has 0 saturated carbocycles. The lowest BCUT2D eigenvalue weighted by atomic mass is 10.2. The van der Waals surface area contributed by atoms with Gasteiger partial charge in [-0.15, -0.1) is 5.10 Å². The number of carbonyl (C=O) groups is 2. The second-order valence-electron chi connectivity index (χ2n) is 4.15. The first-order chi connectivity index (χ1) is 9.56. The topological polar surface area (TPSA) is 110 Å². The second-order valence-corrected chi connectivity index (χ2v) is 4.15. The van der Waals surface area contributed by atoms with E-state index in [1.807, 2.05) is 0 Å². The third-order valence-corrected chi connectivity index (χ3v) is 2.54. The summed E-state index contributed by atoms with van der Waals surface area (Å²) in [5, 5.41) is 18.7. The summed E-state index contributed by atoms with van der Waals surface area (Å²) < 4.78 is 1.19. The van der Waals surface area contributed by atoms with E-state index in [0.717, 1.165) is 5.56 Å². The summed E-state index contributed by atoms with van der Waals surface area (Å²) in [5.41, 5.74) is 1.61. The standard InChI is InChI=1S/C12H13N5O3/c1-8-3-2-4-13-11(8)12(20)14-5-9-6-17(16-15-9)7-10(18)19/h2-4,6H,5,7H2,1H3,(H,14,20)(H,18,19). The van der Waals surface area contributed by atoms with Crippen LogP contribution < -0.4 is 5.32 Å². The molecule has 20 heavy (non-hydrogen) atoms. The van der Waals surface area contributed by atoms with Crippen LogP contribution in [0, 0.1) is 6.92 Å². The van der Waals surface area contributed by atoms with Crippen LogP contribution in [-0.2, 0) is 17.9 Å². The maximum absolute atomic E-state index is 11.9. The molecule has 0 aliphatic heterocycles. The van der Waals surface area contributed by atoms with Crippen LogP contribution in [0.1, 0.15) is 21.7 Å². The number of nitrogens with one attached hydrogen (secondary N) is 1. The molecule has 2 heterocycles. The largest absolute Gasteiger partial charge is 0.480 e. The van der Waals surface area contributed by atoms with Crippen molar-refractivity contribution in [1.82, 2.24) is 25.3 Å². The predicted molar refractivity (Wildman–Crippen MR) is 67.8 cm³/mol. The van der Waals surface area contributed by atoms with Crippen LogP contribution in [-0.4, -0.2) is 37.0 Å². The number of pyridine rings is 1. The summed E-state index contributed by atoms with van der Waals surface area (Å²) in [4.78, 5) is 26.4. The Balaban J connectivity index is 1.95. The number of aliphatic carboxylic acids is 1. The fourth-order valence-corrected chi connectivity index (χ4v) is 1.61. The molecule has 2 N–H and O–H groups in total. The molecule has 0 fully saturated rings. The van der Waals surface area contributed by atoms with E-state index in [4.69, 9.17) is 5.11 Å². The zero-order valence-electron chi connectivity index (χ0n) is 10.8. The van der Waals surface area contributed by atoms with Gasteiger partial charge in [-0.1, -0.05) is 11.3 Å². The Morgan fingerprint density at radius 3 is 2.95 bits per heavy atom. The summed E-state index contributed by atoms with van der Waals surface area (Å²) in [6.45, 7) is 1.69. The van der Waals surface area contributed by atoms with E-state index in [1.54, 1.807) is 25.3 Å². The number of nitrogens with zero attached hydrogens (tertiary/aromatic N) is 4. The monoisotopic (exact) mass is 275 g/mol. The number of amides is 1. The van der Waals surface area contributed by atoms with E-state index < -0.39 is 5.97 Å². The fraction of sp³-hybridized carbons (Fsp3) is 0.250. The van der Waals surface area contributed by atoms with Crippen LogP contribution in [0.25, 0.3) is 0 Å². The molecule has 2 aromatic rings. The van der Waals surface area contributed by atoms with Gasteiger partial charge in [0, 0.05) is 6.20 Å². The Labute approximate surface area is 114 Å². The number of carbonyl (C=O) groups excluding carboxylic acids is 1. The van der Waals surface area contributed by atoms with Gasteiger partial charge in [-0.3, -0.25) is 14.6 Å². The molecular weight excluding hydrogens is 262 g/mol. The van der Waals surface area contributed by atoms with E-state index >= 15 is 0 Å². The first-order valence-corrected chi connectivity index (χ1v) is 5.87. The SMILES string of the molecule is Cc1cccnc1C(=O)NCc1cn(CC(=O)O)nn1. The van der Waals surface area contributed by atoms with Crippen LogP contribution >= 0.6 is 0 Å². The molecule has 0 spiro atoms. The molecule has 0 aliphatic rings. The van der Waals surface area contributed by atoms with E-state index in [0.29, 0.717) is 11.4 Å². The minimum Gasteiger partial charge on any atom is -0.480 e. The number of rotatable bonds is 5. The van der Waals surface area contributed by atoms with Crippen molar-refractivity contribution in [3.63, 3.8) is 0 Å². The quantitative estimate of drug-likeness (QED) is 0.794. The second kappa shape index (κ2) is 5.91. The Morgan fingerprint density at radius 1 is 1.45 bits per heavy atom. The first kappa shape index (κ1) is 13.7. The first-order valence-electron chi connectivity index (χ1n) is 5.87. The zero-order chi connectivity index (χ0) is 14.5. The summed E-state index contributed by atoms with van der Waals surface area (Å²) in [5.74, 6) is -1.31. The van der Waals surface area contributed by atoms with Gasteiger partial charge in [0.25, 0.3) is 5.91 Å². The van der Waals surface area contributed by atoms with Crippen LogP contribution in [0.3, 0.4) is 0 Å². The Kier molecular flexibility index (Phi) is 4.04.